The summed E-state index contributed by atoms with van der Waals surface area (Å²) in [6, 6.07) is 4.12. The molecule has 0 radical (unpaired) electrons. The summed E-state index contributed by atoms with van der Waals surface area (Å²) >= 11 is 0. The Bertz CT molecular complexity index is 405. The van der Waals surface area contributed by atoms with Gasteiger partial charge in [-0.25, -0.2) is 0 Å². The summed E-state index contributed by atoms with van der Waals surface area (Å²) in [5.74, 6) is 0.621. The van der Waals surface area contributed by atoms with Crippen LogP contribution in [0.15, 0.2) is 24.5 Å². The molecule has 3 nitrogen and oxygen atoms in total. The van der Waals surface area contributed by atoms with Gasteiger partial charge in [-0.1, -0.05) is 27.7 Å². The van der Waals surface area contributed by atoms with Crippen molar-refractivity contribution >= 4 is 5.97 Å². The normalized spacial score (nSPS) is 12.2. The van der Waals surface area contributed by atoms with E-state index in [1.165, 1.54) is 12.5 Å². The van der Waals surface area contributed by atoms with Gasteiger partial charge in [-0.05, 0) is 18.4 Å². The van der Waals surface area contributed by atoms with E-state index in [2.05, 4.69) is 40.0 Å². The van der Waals surface area contributed by atoms with Crippen LogP contribution in [0.2, 0.25) is 0 Å². The van der Waals surface area contributed by atoms with E-state index in [1.54, 1.807) is 0 Å². The Labute approximate surface area is 122 Å². The van der Waals surface area contributed by atoms with Gasteiger partial charge < -0.3 is 17.1 Å². The number of carbonyl (C=O) groups is 1. The minimum absolute atomic E-state index is 0. The highest BCUT2D eigenvalue weighted by Gasteiger charge is 2.25. The molecule has 4 heteroatoms. The van der Waals surface area contributed by atoms with Crippen LogP contribution in [-0.2, 0) is 16.0 Å². The van der Waals surface area contributed by atoms with E-state index in [-0.39, 0.29) is 30.5 Å². The van der Waals surface area contributed by atoms with Gasteiger partial charge in [-0.3, -0.25) is 4.79 Å². The standard InChI is InChI=1S/C15H24NO2.ClH/c1-11(2)9-14-7-6-8-16(10-14)15(12(3)4)18-13(5)17;/h6-8,10-12,15H,9H2,1-5H3;1H/q+1;/p-1. The van der Waals surface area contributed by atoms with Crippen LogP contribution in [0, 0.1) is 11.8 Å². The lowest BCUT2D eigenvalue weighted by molar-refractivity contribution is -0.764. The molecule has 0 saturated carbocycles. The smallest absolute Gasteiger partial charge is 0.307 e. The first-order valence-corrected chi connectivity index (χ1v) is 6.57. The number of esters is 1. The Kier molecular flexibility index (Phi) is 7.69. The third kappa shape index (κ3) is 6.06. The van der Waals surface area contributed by atoms with Gasteiger partial charge >= 0.3 is 12.2 Å². The Morgan fingerprint density at radius 2 is 1.95 bits per heavy atom. The van der Waals surface area contributed by atoms with Crippen molar-refractivity contribution < 1.29 is 26.5 Å². The zero-order chi connectivity index (χ0) is 13.7. The summed E-state index contributed by atoms with van der Waals surface area (Å²) in [6.07, 6.45) is 4.84. The molecule has 1 heterocycles. The van der Waals surface area contributed by atoms with Gasteiger partial charge in [0.1, 0.15) is 0 Å². The van der Waals surface area contributed by atoms with E-state index >= 15 is 0 Å². The zero-order valence-electron chi connectivity index (χ0n) is 12.4. The fraction of sp³-hybridized carbons (Fsp3) is 0.600. The van der Waals surface area contributed by atoms with Gasteiger partial charge in [0.25, 0.3) is 0 Å². The molecule has 0 aliphatic carbocycles. The maximum Gasteiger partial charge on any atom is 0.307 e. The zero-order valence-corrected chi connectivity index (χ0v) is 13.1. The fourth-order valence-corrected chi connectivity index (χ4v) is 2.01. The van der Waals surface area contributed by atoms with E-state index in [4.69, 9.17) is 4.74 Å². The Balaban J connectivity index is 0.00000324. The van der Waals surface area contributed by atoms with Crippen LogP contribution in [0.25, 0.3) is 0 Å². The van der Waals surface area contributed by atoms with E-state index in [0.29, 0.717) is 5.92 Å². The molecule has 1 unspecified atom stereocenters. The first-order chi connectivity index (χ1) is 8.40. The number of rotatable bonds is 5. The van der Waals surface area contributed by atoms with Gasteiger partial charge in [0.15, 0.2) is 12.4 Å². The number of aromatic nitrogens is 1. The van der Waals surface area contributed by atoms with Crippen molar-refractivity contribution in [2.24, 2.45) is 11.8 Å². The quantitative estimate of drug-likeness (QED) is 0.558. The van der Waals surface area contributed by atoms with E-state index < -0.39 is 0 Å². The van der Waals surface area contributed by atoms with Crippen LogP contribution in [0.4, 0.5) is 0 Å². The third-order valence-electron chi connectivity index (χ3n) is 2.68. The predicted octanol–water partition coefficient (Wildman–Crippen LogP) is -0.106. The monoisotopic (exact) mass is 285 g/mol. The Hall–Kier alpha value is -1.09. The Morgan fingerprint density at radius 1 is 1.32 bits per heavy atom. The average molecular weight is 286 g/mol. The van der Waals surface area contributed by atoms with Crippen LogP contribution >= 0.6 is 0 Å². The molecular formula is C15H24ClNO2. The molecule has 0 N–H and O–H groups in total. The highest BCUT2D eigenvalue weighted by atomic mass is 35.5. The second-order valence-corrected chi connectivity index (χ2v) is 5.50. The molecule has 0 aliphatic rings. The lowest BCUT2D eigenvalue weighted by atomic mass is 10.0. The number of ether oxygens (including phenoxy) is 1. The molecular weight excluding hydrogens is 262 g/mol. The minimum atomic E-state index is -0.240. The first kappa shape index (κ1) is 17.9. The van der Waals surface area contributed by atoms with Crippen molar-refractivity contribution in [3.63, 3.8) is 0 Å². The minimum Gasteiger partial charge on any atom is -1.00 e. The maximum atomic E-state index is 11.2. The SMILES string of the molecule is CC(=O)OC(C(C)C)[n+]1cccc(CC(C)C)c1.[Cl-]. The fourth-order valence-electron chi connectivity index (χ4n) is 2.01. The lowest BCUT2D eigenvalue weighted by Crippen LogP contribution is -3.00. The molecule has 0 saturated heterocycles. The Morgan fingerprint density at radius 3 is 2.42 bits per heavy atom. The molecule has 0 spiro atoms. The van der Waals surface area contributed by atoms with Crippen LogP contribution in [0.1, 0.15) is 46.4 Å². The van der Waals surface area contributed by atoms with Crippen molar-refractivity contribution in [3.8, 4) is 0 Å². The molecule has 1 aromatic heterocycles. The highest BCUT2D eigenvalue weighted by Crippen LogP contribution is 2.14. The van der Waals surface area contributed by atoms with Gasteiger partial charge in [0.05, 0.1) is 5.92 Å². The number of pyridine rings is 1. The molecule has 1 aromatic rings. The van der Waals surface area contributed by atoms with Crippen molar-refractivity contribution in [1.29, 1.82) is 0 Å². The molecule has 0 fully saturated rings. The number of nitrogens with zero attached hydrogens (tertiary/aromatic N) is 1. The second-order valence-electron chi connectivity index (χ2n) is 5.50. The van der Waals surface area contributed by atoms with Gasteiger partial charge in [0, 0.05) is 18.6 Å². The van der Waals surface area contributed by atoms with Crippen molar-refractivity contribution in [3.05, 3.63) is 30.1 Å². The van der Waals surface area contributed by atoms with Gasteiger partial charge in [-0.15, -0.1) is 0 Å². The van der Waals surface area contributed by atoms with Crippen LogP contribution in [0.5, 0.6) is 0 Å². The predicted molar refractivity (Wildman–Crippen MR) is 70.8 cm³/mol. The van der Waals surface area contributed by atoms with Gasteiger partial charge in [0.2, 0.25) is 0 Å². The number of halogens is 1. The average Bonchev–Trinajstić information content (AvgIpc) is 2.24. The molecule has 1 rings (SSSR count). The largest absolute Gasteiger partial charge is 1.00 e. The molecule has 0 bridgehead atoms. The third-order valence-corrected chi connectivity index (χ3v) is 2.68. The van der Waals surface area contributed by atoms with Crippen molar-refractivity contribution in [2.75, 3.05) is 0 Å². The molecule has 1 atom stereocenters. The van der Waals surface area contributed by atoms with E-state index in [9.17, 15) is 4.79 Å². The summed E-state index contributed by atoms with van der Waals surface area (Å²) in [4.78, 5) is 11.2. The molecule has 0 aromatic carbocycles. The van der Waals surface area contributed by atoms with E-state index in [1.807, 2.05) is 16.8 Å². The van der Waals surface area contributed by atoms with Crippen LogP contribution < -0.4 is 17.0 Å². The summed E-state index contributed by atoms with van der Waals surface area (Å²) < 4.78 is 7.37. The van der Waals surface area contributed by atoms with Gasteiger partial charge in [-0.2, -0.15) is 4.57 Å². The molecule has 108 valence electrons. The number of carbonyl (C=O) groups excluding carboxylic acids is 1. The number of hydrogen-bond acceptors (Lipinski definition) is 2. The summed E-state index contributed by atoms with van der Waals surface area (Å²) in [7, 11) is 0. The topological polar surface area (TPSA) is 30.2 Å². The number of hydrogen-bond donors (Lipinski definition) is 0. The van der Waals surface area contributed by atoms with Crippen LogP contribution in [-0.4, -0.2) is 5.97 Å². The van der Waals surface area contributed by atoms with Crippen molar-refractivity contribution in [1.82, 2.24) is 0 Å². The first-order valence-electron chi connectivity index (χ1n) is 6.57. The maximum absolute atomic E-state index is 11.2. The lowest BCUT2D eigenvalue weighted by Gasteiger charge is -2.16. The highest BCUT2D eigenvalue weighted by molar-refractivity contribution is 5.65. The summed E-state index contributed by atoms with van der Waals surface area (Å²) in [5.41, 5.74) is 1.27. The summed E-state index contributed by atoms with van der Waals surface area (Å²) in [5, 5.41) is 0. The van der Waals surface area contributed by atoms with Crippen molar-refractivity contribution in [2.45, 2.75) is 47.3 Å². The van der Waals surface area contributed by atoms with E-state index in [0.717, 1.165) is 6.42 Å². The molecule has 0 amide bonds. The summed E-state index contributed by atoms with van der Waals surface area (Å²) in [6.45, 7) is 9.95. The molecule has 19 heavy (non-hydrogen) atoms. The second kappa shape index (κ2) is 8.16. The van der Waals surface area contributed by atoms with Crippen LogP contribution in [0.3, 0.4) is 0 Å². The molecule has 0 aliphatic heterocycles.